The van der Waals surface area contributed by atoms with Crippen LogP contribution in [0.15, 0.2) is 13.2 Å². The molecular weight excluding hydrogens is 272 g/mol. The number of hydrogen-bond acceptors (Lipinski definition) is 7. The lowest BCUT2D eigenvalue weighted by Gasteiger charge is -2.26. The molecule has 1 aliphatic rings. The maximum atomic E-state index is 11.2. The van der Waals surface area contributed by atoms with Gasteiger partial charge < -0.3 is 10.2 Å². The van der Waals surface area contributed by atoms with E-state index >= 15 is 0 Å². The van der Waals surface area contributed by atoms with Crippen LogP contribution >= 0.6 is 46.2 Å². The Morgan fingerprint density at radius 2 is 1.53 bits per heavy atom. The molecule has 0 saturated heterocycles. The van der Waals surface area contributed by atoms with E-state index in [4.69, 9.17) is 0 Å². The molecule has 0 atom stereocenters. The summed E-state index contributed by atoms with van der Waals surface area (Å²) in [5, 5.41) is 18.6. The second-order valence-corrected chi connectivity index (χ2v) is 8.14. The molecule has 2 N–H and O–H groups in total. The first-order valence-corrected chi connectivity index (χ1v) is 7.91. The van der Waals surface area contributed by atoms with Gasteiger partial charge in [0.1, 0.15) is 0 Å². The van der Waals surface area contributed by atoms with E-state index in [1.54, 1.807) is 23.5 Å². The Hall–Kier alpha value is 0.470. The van der Waals surface area contributed by atoms with Gasteiger partial charge in [-0.25, -0.2) is 0 Å². The van der Waals surface area contributed by atoms with Crippen LogP contribution in [0.4, 0.5) is 0 Å². The van der Waals surface area contributed by atoms with E-state index in [1.165, 1.54) is 22.7 Å². The molecule has 0 fully saturated rings. The van der Waals surface area contributed by atoms with Crippen molar-refractivity contribution in [1.82, 2.24) is 0 Å². The van der Waals surface area contributed by atoms with Gasteiger partial charge in [-0.3, -0.25) is 4.79 Å². The minimum Gasteiger partial charge on any atom is -0.396 e. The summed E-state index contributed by atoms with van der Waals surface area (Å²) in [4.78, 5) is 11.2. The lowest BCUT2D eigenvalue weighted by Crippen LogP contribution is -2.34. The van der Waals surface area contributed by atoms with Crippen LogP contribution in [0.1, 0.15) is 0 Å². The summed E-state index contributed by atoms with van der Waals surface area (Å²) < 4.78 is 2.21. The Bertz CT molecular complexity index is 362. The molecule has 0 spiro atoms. The molecule has 0 aliphatic carbocycles. The van der Waals surface area contributed by atoms with Crippen LogP contribution in [0.5, 0.6) is 0 Å². The molecular formula is C8H10O3S4. The first kappa shape index (κ1) is 11.9. The van der Waals surface area contributed by atoms with E-state index in [9.17, 15) is 15.0 Å². The van der Waals surface area contributed by atoms with E-state index in [2.05, 4.69) is 0 Å². The molecule has 0 aromatic carbocycles. The maximum absolute atomic E-state index is 11.2. The van der Waals surface area contributed by atoms with Crippen molar-refractivity contribution < 1.29 is 10.2 Å². The van der Waals surface area contributed by atoms with Crippen LogP contribution < -0.4 is 4.06 Å². The fraction of sp³-hybridized carbons (Fsp3) is 0.625. The van der Waals surface area contributed by atoms with Gasteiger partial charge in [-0.05, 0) is 0 Å². The van der Waals surface area contributed by atoms with Crippen molar-refractivity contribution in [2.75, 3.05) is 24.7 Å². The minimum atomic E-state index is -0.413. The fourth-order valence-corrected chi connectivity index (χ4v) is 6.89. The molecule has 1 aliphatic heterocycles. The van der Waals surface area contributed by atoms with Crippen molar-refractivity contribution in [2.45, 2.75) is 8.42 Å². The Morgan fingerprint density at radius 1 is 1.07 bits per heavy atom. The zero-order chi connectivity index (χ0) is 10.9. The van der Waals surface area contributed by atoms with Gasteiger partial charge >= 0.3 is 0 Å². The van der Waals surface area contributed by atoms with Gasteiger partial charge in [0, 0.05) is 16.9 Å². The van der Waals surface area contributed by atoms with Crippen molar-refractivity contribution in [3.8, 4) is 0 Å². The fourth-order valence-electron chi connectivity index (χ4n) is 1.14. The molecule has 2 rings (SSSR count). The average Bonchev–Trinajstić information content (AvgIpc) is 2.52. The van der Waals surface area contributed by atoms with Gasteiger partial charge in [0.15, 0.2) is 0 Å². The maximum Gasteiger partial charge on any atom is 0.289 e. The third-order valence-corrected chi connectivity index (χ3v) is 7.99. The summed E-state index contributed by atoms with van der Waals surface area (Å²) >= 11 is 5.68. The highest BCUT2D eigenvalue weighted by Gasteiger charge is 2.33. The van der Waals surface area contributed by atoms with E-state index < -0.39 is 5.41 Å². The van der Waals surface area contributed by atoms with E-state index in [0.717, 1.165) is 8.42 Å². The summed E-state index contributed by atoms with van der Waals surface area (Å²) in [6.07, 6.45) is 0. The Morgan fingerprint density at radius 3 is 1.93 bits per heavy atom. The summed E-state index contributed by atoms with van der Waals surface area (Å²) in [6.45, 7) is -0.0132. The standard InChI is InChI=1S/C8H10O3S4/c9-1-8(2-10)3-12-5-6(13-4-8)15-7(11)14-5/h9-10H,1-4H2. The van der Waals surface area contributed by atoms with Crippen molar-refractivity contribution in [3.05, 3.63) is 8.85 Å². The lowest BCUT2D eigenvalue weighted by atomic mass is 9.96. The second kappa shape index (κ2) is 4.77. The van der Waals surface area contributed by atoms with Crippen LogP contribution in [-0.2, 0) is 0 Å². The zero-order valence-electron chi connectivity index (χ0n) is 7.76. The monoisotopic (exact) mass is 282 g/mol. The highest BCUT2D eigenvalue weighted by molar-refractivity contribution is 8.05. The second-order valence-electron chi connectivity index (χ2n) is 3.42. The number of fused-ring (bicyclic) bond motifs is 1. The lowest BCUT2D eigenvalue weighted by molar-refractivity contribution is 0.0935. The summed E-state index contributed by atoms with van der Waals surface area (Å²) in [5.41, 5.74) is -0.413. The van der Waals surface area contributed by atoms with Gasteiger partial charge in [0.2, 0.25) is 0 Å². The predicted octanol–water partition coefficient (Wildman–Crippen LogP) is 1.34. The predicted molar refractivity (Wildman–Crippen MR) is 66.5 cm³/mol. The van der Waals surface area contributed by atoms with Gasteiger partial charge in [0.05, 0.1) is 21.6 Å². The molecule has 15 heavy (non-hydrogen) atoms. The van der Waals surface area contributed by atoms with E-state index in [-0.39, 0.29) is 17.3 Å². The zero-order valence-corrected chi connectivity index (χ0v) is 11.0. The van der Waals surface area contributed by atoms with Crippen LogP contribution in [0, 0.1) is 5.41 Å². The molecule has 7 heteroatoms. The van der Waals surface area contributed by atoms with Gasteiger partial charge in [0.25, 0.3) is 4.06 Å². The van der Waals surface area contributed by atoms with Gasteiger partial charge in [-0.15, -0.1) is 23.5 Å². The molecule has 0 amide bonds. The molecule has 3 nitrogen and oxygen atoms in total. The topological polar surface area (TPSA) is 57.5 Å². The summed E-state index contributed by atoms with van der Waals surface area (Å²) in [6, 6.07) is 0. The van der Waals surface area contributed by atoms with Crippen LogP contribution in [0.3, 0.4) is 0 Å². The average molecular weight is 282 g/mol. The summed E-state index contributed by atoms with van der Waals surface area (Å²) in [7, 11) is 0. The number of hydrogen-bond donors (Lipinski definition) is 2. The molecule has 1 aromatic heterocycles. The van der Waals surface area contributed by atoms with Crippen LogP contribution in [-0.4, -0.2) is 34.9 Å². The Kier molecular flexibility index (Phi) is 3.79. The number of rotatable bonds is 2. The molecule has 1 aromatic rings. The van der Waals surface area contributed by atoms with Crippen LogP contribution in [0.25, 0.3) is 0 Å². The molecule has 0 bridgehead atoms. The smallest absolute Gasteiger partial charge is 0.289 e. The van der Waals surface area contributed by atoms with Crippen LogP contribution in [0.2, 0.25) is 0 Å². The summed E-state index contributed by atoms with van der Waals surface area (Å²) in [5.74, 6) is 1.35. The number of aliphatic hydroxyl groups is 2. The number of thioether (sulfide) groups is 2. The molecule has 0 unspecified atom stereocenters. The highest BCUT2D eigenvalue weighted by Crippen LogP contribution is 2.45. The first-order valence-electron chi connectivity index (χ1n) is 4.30. The first-order chi connectivity index (χ1) is 7.19. The van der Waals surface area contributed by atoms with Crippen molar-refractivity contribution in [2.24, 2.45) is 5.41 Å². The normalized spacial score (nSPS) is 19.6. The van der Waals surface area contributed by atoms with E-state index in [0.29, 0.717) is 11.5 Å². The van der Waals surface area contributed by atoms with Gasteiger partial charge in [-0.2, -0.15) is 0 Å². The molecule has 84 valence electrons. The van der Waals surface area contributed by atoms with Crippen molar-refractivity contribution in [1.29, 1.82) is 0 Å². The molecule has 2 heterocycles. The third-order valence-electron chi connectivity index (χ3n) is 2.21. The molecule has 0 saturated carbocycles. The Labute approximate surface area is 104 Å². The van der Waals surface area contributed by atoms with Crippen molar-refractivity contribution in [3.63, 3.8) is 0 Å². The van der Waals surface area contributed by atoms with Gasteiger partial charge in [-0.1, -0.05) is 22.7 Å². The minimum absolute atomic E-state index is 0.00661. The quantitative estimate of drug-likeness (QED) is 0.857. The van der Waals surface area contributed by atoms with Crippen molar-refractivity contribution >= 4 is 46.2 Å². The SMILES string of the molecule is O=c1sc2c(s1)SCC(CO)(CO)CS2. The largest absolute Gasteiger partial charge is 0.396 e. The Balaban J connectivity index is 2.22. The third kappa shape index (κ3) is 2.42. The van der Waals surface area contributed by atoms with E-state index in [1.807, 2.05) is 0 Å². The molecule has 0 radical (unpaired) electrons. The number of aliphatic hydroxyl groups excluding tert-OH is 2. The highest BCUT2D eigenvalue weighted by atomic mass is 32.2.